The molecule has 8 nitrogen and oxygen atoms in total. The van der Waals surface area contributed by atoms with E-state index < -0.39 is 40.9 Å². The second-order valence-corrected chi connectivity index (χ2v) is 16.0. The zero-order valence-electron chi connectivity index (χ0n) is 29.5. The maximum Gasteiger partial charge on any atom is 0.393 e. The Labute approximate surface area is 304 Å². The van der Waals surface area contributed by atoms with Gasteiger partial charge in [0.05, 0.1) is 11.8 Å². The minimum Gasteiger partial charge on any atom is -0.457 e. The molecule has 2 aliphatic heterocycles. The Balaban J connectivity index is 1.14. The second-order valence-electron chi connectivity index (χ2n) is 14.9. The van der Waals surface area contributed by atoms with E-state index in [0.717, 1.165) is 70.6 Å². The van der Waals surface area contributed by atoms with Gasteiger partial charge in [0.25, 0.3) is 0 Å². The van der Waals surface area contributed by atoms with E-state index in [4.69, 9.17) is 4.74 Å². The summed E-state index contributed by atoms with van der Waals surface area (Å²) < 4.78 is 52.3. The van der Waals surface area contributed by atoms with Crippen molar-refractivity contribution in [1.82, 2.24) is 20.5 Å². The normalized spacial score (nSPS) is 27.2. The molecule has 0 radical (unpaired) electrons. The third-order valence-corrected chi connectivity index (χ3v) is 12.5. The number of hydrogen-bond acceptors (Lipinski definition) is 7. The molecule has 6 rings (SSSR count). The van der Waals surface area contributed by atoms with Crippen LogP contribution in [0, 0.1) is 11.8 Å². The highest BCUT2D eigenvalue weighted by atomic mass is 32.2. The van der Waals surface area contributed by atoms with Gasteiger partial charge in [-0.25, -0.2) is 5.43 Å². The van der Waals surface area contributed by atoms with E-state index in [9.17, 15) is 22.8 Å². The number of anilines is 1. The maximum absolute atomic E-state index is 14.8. The van der Waals surface area contributed by atoms with Gasteiger partial charge in [0.2, 0.25) is 11.8 Å². The number of piperidine rings is 1. The van der Waals surface area contributed by atoms with Gasteiger partial charge in [0.15, 0.2) is 0 Å². The summed E-state index contributed by atoms with van der Waals surface area (Å²) in [5, 5.41) is 8.65. The van der Waals surface area contributed by atoms with Gasteiger partial charge in [0, 0.05) is 23.8 Å². The standard InChI is InChI=1S/C39H54F3N5O3S/c40-39(41,42)33-26-28(27-43-38(33)24-14-7-2-1-3-8-15-25-38)35(48)45-37-34(46-47(51-37)30-16-10-5-4-6-11-17-30)36(49)44-29-20-22-32(23-21-29)50-31-18-12-9-13-19-31/h9,12-13,18-23,28,30,33-34,37,43,46H,1-8,10-11,14-17,24-27H2,(H,44,49)(H,45,48). The molecule has 2 aliphatic carbocycles. The van der Waals surface area contributed by atoms with Crippen LogP contribution in [0.15, 0.2) is 54.6 Å². The molecule has 4 fully saturated rings. The van der Waals surface area contributed by atoms with Gasteiger partial charge < -0.3 is 20.7 Å². The van der Waals surface area contributed by atoms with Crippen molar-refractivity contribution in [3.8, 4) is 11.5 Å². The number of carbonyl (C=O) groups excluding carboxylic acids is 2. The minimum absolute atomic E-state index is 0.181. The Morgan fingerprint density at radius 3 is 2.00 bits per heavy atom. The Hall–Kier alpha value is -2.80. The summed E-state index contributed by atoms with van der Waals surface area (Å²) in [7, 11) is 0. The number of hydrazine groups is 1. The van der Waals surface area contributed by atoms with E-state index in [1.54, 1.807) is 24.3 Å². The van der Waals surface area contributed by atoms with Crippen molar-refractivity contribution in [2.45, 2.75) is 138 Å². The van der Waals surface area contributed by atoms with Crippen LogP contribution in [-0.2, 0) is 9.59 Å². The fourth-order valence-corrected chi connectivity index (χ4v) is 9.68. The number of alkyl halides is 3. The van der Waals surface area contributed by atoms with E-state index in [-0.39, 0.29) is 24.9 Å². The van der Waals surface area contributed by atoms with E-state index in [0.29, 0.717) is 30.0 Å². The summed E-state index contributed by atoms with van der Waals surface area (Å²) in [6.07, 6.45) is 10.6. The van der Waals surface area contributed by atoms with Crippen LogP contribution in [0.3, 0.4) is 0 Å². The quantitative estimate of drug-likeness (QED) is 0.212. The number of nitrogens with zero attached hydrogens (tertiary/aromatic N) is 1. The smallest absolute Gasteiger partial charge is 0.393 e. The molecular formula is C39H54F3N5O3S. The number of amides is 2. The summed E-state index contributed by atoms with van der Waals surface area (Å²) in [6, 6.07) is 15.9. The number of nitrogens with one attached hydrogen (secondary N) is 4. The fraction of sp³-hybridized carbons (Fsp3) is 0.641. The molecular weight excluding hydrogens is 676 g/mol. The van der Waals surface area contributed by atoms with Crippen molar-refractivity contribution in [2.75, 3.05) is 11.9 Å². The molecule has 2 heterocycles. The van der Waals surface area contributed by atoms with Gasteiger partial charge >= 0.3 is 6.18 Å². The minimum atomic E-state index is -4.42. The topological polar surface area (TPSA) is 94.7 Å². The molecule has 280 valence electrons. The number of halogens is 3. The monoisotopic (exact) mass is 729 g/mol. The van der Waals surface area contributed by atoms with E-state index >= 15 is 0 Å². The van der Waals surface area contributed by atoms with Crippen LogP contribution < -0.4 is 26.1 Å². The van der Waals surface area contributed by atoms with Crippen LogP contribution in [0.4, 0.5) is 18.9 Å². The van der Waals surface area contributed by atoms with Crippen molar-refractivity contribution in [2.24, 2.45) is 11.8 Å². The lowest BCUT2D eigenvalue weighted by molar-refractivity contribution is -0.211. The lowest BCUT2D eigenvalue weighted by Gasteiger charge is -2.48. The zero-order chi connectivity index (χ0) is 35.7. The Bertz CT molecular complexity index is 1400. The van der Waals surface area contributed by atoms with Crippen LogP contribution in [-0.4, -0.2) is 51.9 Å². The number of benzene rings is 2. The summed E-state index contributed by atoms with van der Waals surface area (Å²) in [5.74, 6) is -1.88. The van der Waals surface area contributed by atoms with E-state index in [2.05, 4.69) is 21.4 Å². The lowest BCUT2D eigenvalue weighted by atomic mass is 9.68. The van der Waals surface area contributed by atoms with Crippen LogP contribution in [0.2, 0.25) is 0 Å². The van der Waals surface area contributed by atoms with Gasteiger partial charge in [-0.2, -0.15) is 17.6 Å². The number of ether oxygens (including phenoxy) is 1. The molecule has 4 unspecified atom stereocenters. The molecule has 4 N–H and O–H groups in total. The molecule has 51 heavy (non-hydrogen) atoms. The van der Waals surface area contributed by atoms with Crippen molar-refractivity contribution in [3.63, 3.8) is 0 Å². The Morgan fingerprint density at radius 2 is 1.37 bits per heavy atom. The SMILES string of the molecule is O=C(NC1SN(C2CCCCCCC2)NC1C(=O)Nc1ccc(Oc2ccccc2)cc1)C1CNC2(CCCCCCCCC2)C(C(F)(F)F)C1. The van der Waals surface area contributed by atoms with E-state index in [1.165, 1.54) is 31.2 Å². The van der Waals surface area contributed by atoms with Gasteiger partial charge in [-0.3, -0.25) is 9.59 Å². The van der Waals surface area contributed by atoms with Crippen LogP contribution >= 0.6 is 11.9 Å². The van der Waals surface area contributed by atoms with Crippen LogP contribution in [0.25, 0.3) is 0 Å². The first-order valence-electron chi connectivity index (χ1n) is 19.2. The first-order chi connectivity index (χ1) is 24.7. The molecule has 0 aromatic heterocycles. The third kappa shape index (κ3) is 10.2. The predicted molar refractivity (Wildman–Crippen MR) is 196 cm³/mol. The molecule has 4 aliphatic rings. The molecule has 2 saturated carbocycles. The fourth-order valence-electron chi connectivity index (χ4n) is 8.40. The summed E-state index contributed by atoms with van der Waals surface area (Å²) in [4.78, 5) is 27.7. The first kappa shape index (κ1) is 37.9. The molecule has 0 bridgehead atoms. The average molecular weight is 730 g/mol. The lowest BCUT2D eigenvalue weighted by Crippen LogP contribution is -2.63. The Kier molecular flexibility index (Phi) is 13.3. The summed E-state index contributed by atoms with van der Waals surface area (Å²) in [5.41, 5.74) is 2.92. The van der Waals surface area contributed by atoms with Crippen molar-refractivity contribution in [3.05, 3.63) is 54.6 Å². The number of hydrogen-bond donors (Lipinski definition) is 4. The number of carbonyl (C=O) groups is 2. The largest absolute Gasteiger partial charge is 0.457 e. The Morgan fingerprint density at radius 1 is 0.784 bits per heavy atom. The van der Waals surface area contributed by atoms with Gasteiger partial charge in [-0.15, -0.1) is 0 Å². The second kappa shape index (κ2) is 17.8. The highest BCUT2D eigenvalue weighted by molar-refractivity contribution is 7.97. The van der Waals surface area contributed by atoms with Crippen LogP contribution in [0.1, 0.15) is 109 Å². The molecule has 12 heteroatoms. The van der Waals surface area contributed by atoms with Gasteiger partial charge in [-0.05, 0) is 80.5 Å². The summed E-state index contributed by atoms with van der Waals surface area (Å²) >= 11 is 1.38. The average Bonchev–Trinajstić information content (AvgIpc) is 3.52. The third-order valence-electron chi connectivity index (χ3n) is 11.3. The molecule has 2 saturated heterocycles. The first-order valence-corrected chi connectivity index (χ1v) is 20.0. The molecule has 2 aromatic carbocycles. The maximum atomic E-state index is 14.8. The molecule has 4 atom stereocenters. The zero-order valence-corrected chi connectivity index (χ0v) is 30.3. The predicted octanol–water partition coefficient (Wildman–Crippen LogP) is 8.86. The van der Waals surface area contributed by atoms with Crippen molar-refractivity contribution in [1.29, 1.82) is 0 Å². The number of para-hydroxylation sites is 1. The highest BCUT2D eigenvalue weighted by Gasteiger charge is 2.56. The van der Waals surface area contributed by atoms with Gasteiger partial charge in [0.1, 0.15) is 22.9 Å². The van der Waals surface area contributed by atoms with Crippen molar-refractivity contribution >= 4 is 29.4 Å². The molecule has 1 spiro atoms. The summed E-state index contributed by atoms with van der Waals surface area (Å²) in [6.45, 7) is 0.198. The van der Waals surface area contributed by atoms with Gasteiger partial charge in [-0.1, -0.05) is 95.2 Å². The molecule has 2 aromatic rings. The van der Waals surface area contributed by atoms with E-state index in [1.807, 2.05) is 34.7 Å². The highest BCUT2D eigenvalue weighted by Crippen LogP contribution is 2.47. The number of rotatable bonds is 7. The molecule has 2 amide bonds. The van der Waals surface area contributed by atoms with Crippen molar-refractivity contribution < 1.29 is 27.5 Å². The van der Waals surface area contributed by atoms with Crippen LogP contribution in [0.5, 0.6) is 11.5 Å².